The Morgan fingerprint density at radius 1 is 1.41 bits per heavy atom. The molecule has 0 aliphatic heterocycles. The third-order valence-electron chi connectivity index (χ3n) is 1.86. The Labute approximate surface area is 97.6 Å². The summed E-state index contributed by atoms with van der Waals surface area (Å²) >= 11 is 0. The average molecular weight is 237 g/mol. The van der Waals surface area contributed by atoms with Crippen LogP contribution < -0.4 is 0 Å². The summed E-state index contributed by atoms with van der Waals surface area (Å²) in [6.07, 6.45) is 0.504. The number of carbonyl (C=O) groups excluding carboxylic acids is 3. The quantitative estimate of drug-likeness (QED) is 0.567. The van der Waals surface area contributed by atoms with Crippen molar-refractivity contribution >= 4 is 18.2 Å². The minimum absolute atomic E-state index is 0.0788. The van der Waals surface area contributed by atoms with Gasteiger partial charge in [0.2, 0.25) is 0 Å². The first-order valence-electron chi connectivity index (χ1n) is 4.74. The molecule has 0 saturated carbocycles. The Morgan fingerprint density at radius 3 is 2.65 bits per heavy atom. The molecule has 1 heterocycles. The van der Waals surface area contributed by atoms with Crippen LogP contribution in [0, 0.1) is 0 Å². The highest BCUT2D eigenvalue weighted by molar-refractivity contribution is 5.91. The summed E-state index contributed by atoms with van der Waals surface area (Å²) < 4.78 is 9.25. The molecule has 0 spiro atoms. The van der Waals surface area contributed by atoms with Gasteiger partial charge in [-0.1, -0.05) is 0 Å². The lowest BCUT2D eigenvalue weighted by molar-refractivity contribution is -0.142. The van der Waals surface area contributed by atoms with Gasteiger partial charge in [-0.25, -0.2) is 9.78 Å². The van der Waals surface area contributed by atoms with Crippen LogP contribution in [0.3, 0.4) is 0 Å². The molecule has 0 radical (unpaired) electrons. The molecule has 0 fully saturated rings. The number of ether oxygens (including phenoxy) is 2. The van der Waals surface area contributed by atoms with Crippen LogP contribution >= 0.6 is 0 Å². The maximum atomic E-state index is 11.3. The molecule has 0 aromatic carbocycles. The molecule has 0 aliphatic rings. The summed E-state index contributed by atoms with van der Waals surface area (Å²) in [7, 11) is 1.23. The average Bonchev–Trinajstić information content (AvgIpc) is 2.34. The van der Waals surface area contributed by atoms with E-state index in [1.54, 1.807) is 0 Å². The van der Waals surface area contributed by atoms with Crippen LogP contribution in [0.4, 0.5) is 0 Å². The zero-order valence-corrected chi connectivity index (χ0v) is 9.43. The SMILES string of the molecule is COC(=O)c1cc(C=O)nc(COC(C)=O)c1. The van der Waals surface area contributed by atoms with Crippen LogP contribution in [0.2, 0.25) is 0 Å². The van der Waals surface area contributed by atoms with E-state index in [2.05, 4.69) is 9.72 Å². The van der Waals surface area contributed by atoms with Crippen LogP contribution in [0.5, 0.6) is 0 Å². The van der Waals surface area contributed by atoms with Crippen molar-refractivity contribution in [1.82, 2.24) is 4.98 Å². The maximum Gasteiger partial charge on any atom is 0.337 e. The minimum Gasteiger partial charge on any atom is -0.465 e. The van der Waals surface area contributed by atoms with Gasteiger partial charge in [0.15, 0.2) is 6.29 Å². The van der Waals surface area contributed by atoms with Crippen molar-refractivity contribution < 1.29 is 23.9 Å². The van der Waals surface area contributed by atoms with Gasteiger partial charge in [0.25, 0.3) is 0 Å². The van der Waals surface area contributed by atoms with E-state index in [-0.39, 0.29) is 17.9 Å². The van der Waals surface area contributed by atoms with Crippen molar-refractivity contribution in [2.45, 2.75) is 13.5 Å². The molecule has 0 unspecified atom stereocenters. The summed E-state index contributed by atoms with van der Waals surface area (Å²) in [6, 6.07) is 2.71. The zero-order valence-electron chi connectivity index (χ0n) is 9.43. The molecule has 0 aliphatic carbocycles. The third kappa shape index (κ3) is 3.67. The number of nitrogens with zero attached hydrogens (tertiary/aromatic N) is 1. The molecule has 1 aromatic heterocycles. The van der Waals surface area contributed by atoms with Gasteiger partial charge in [0.1, 0.15) is 12.3 Å². The van der Waals surface area contributed by atoms with Gasteiger partial charge >= 0.3 is 11.9 Å². The normalized spacial score (nSPS) is 9.53. The van der Waals surface area contributed by atoms with Crippen molar-refractivity contribution in [3.63, 3.8) is 0 Å². The fourth-order valence-electron chi connectivity index (χ4n) is 1.16. The van der Waals surface area contributed by atoms with Crippen molar-refractivity contribution in [2.75, 3.05) is 7.11 Å². The molecule has 0 bridgehead atoms. The standard InChI is InChI=1S/C11H11NO5/c1-7(14)17-6-10-4-8(11(15)16-2)3-9(5-13)12-10/h3-5H,6H2,1-2H3. The molecule has 90 valence electrons. The highest BCUT2D eigenvalue weighted by Gasteiger charge is 2.10. The van der Waals surface area contributed by atoms with E-state index in [1.807, 2.05) is 0 Å². The molecule has 0 N–H and O–H groups in total. The lowest BCUT2D eigenvalue weighted by atomic mass is 10.2. The number of aldehydes is 1. The summed E-state index contributed by atoms with van der Waals surface area (Å²) in [5.74, 6) is -1.05. The predicted octanol–water partition coefficient (Wildman–Crippen LogP) is 0.744. The Morgan fingerprint density at radius 2 is 2.12 bits per heavy atom. The topological polar surface area (TPSA) is 82.6 Å². The monoisotopic (exact) mass is 237 g/mol. The van der Waals surface area contributed by atoms with Crippen molar-refractivity contribution in [2.24, 2.45) is 0 Å². The molecule has 0 atom stereocenters. The second-order valence-corrected chi connectivity index (χ2v) is 3.16. The lowest BCUT2D eigenvalue weighted by Crippen LogP contribution is -2.07. The van der Waals surface area contributed by atoms with Gasteiger partial charge in [0, 0.05) is 6.92 Å². The molecule has 0 saturated heterocycles. The number of esters is 2. The van der Waals surface area contributed by atoms with Gasteiger partial charge in [-0.2, -0.15) is 0 Å². The summed E-state index contributed by atoms with van der Waals surface area (Å²) in [5.41, 5.74) is 0.576. The highest BCUT2D eigenvalue weighted by atomic mass is 16.5. The number of methoxy groups -OCH3 is 1. The fraction of sp³-hybridized carbons (Fsp3) is 0.273. The number of rotatable bonds is 4. The van der Waals surface area contributed by atoms with E-state index in [1.165, 1.54) is 26.2 Å². The Kier molecular flexibility index (Phi) is 4.33. The smallest absolute Gasteiger partial charge is 0.337 e. The molecule has 1 aromatic rings. The first kappa shape index (κ1) is 12.8. The number of hydrogen-bond acceptors (Lipinski definition) is 6. The van der Waals surface area contributed by atoms with Crippen molar-refractivity contribution in [1.29, 1.82) is 0 Å². The summed E-state index contributed by atoms with van der Waals surface area (Å²) in [4.78, 5) is 36.5. The van der Waals surface area contributed by atoms with Crippen LogP contribution in [0.1, 0.15) is 33.5 Å². The number of aromatic nitrogens is 1. The molecule has 6 heteroatoms. The van der Waals surface area contributed by atoms with E-state index in [0.717, 1.165) is 0 Å². The lowest BCUT2D eigenvalue weighted by Gasteiger charge is -2.05. The van der Waals surface area contributed by atoms with Crippen molar-refractivity contribution in [3.05, 3.63) is 29.1 Å². The largest absolute Gasteiger partial charge is 0.465 e. The van der Waals surface area contributed by atoms with Crippen LogP contribution in [0.25, 0.3) is 0 Å². The van der Waals surface area contributed by atoms with Gasteiger partial charge in [-0.3, -0.25) is 9.59 Å². The first-order chi connectivity index (χ1) is 8.06. The van der Waals surface area contributed by atoms with E-state index in [9.17, 15) is 14.4 Å². The maximum absolute atomic E-state index is 11.3. The molecular weight excluding hydrogens is 226 g/mol. The second-order valence-electron chi connectivity index (χ2n) is 3.16. The van der Waals surface area contributed by atoms with Gasteiger partial charge in [0.05, 0.1) is 18.4 Å². The Bertz CT molecular complexity index is 455. The van der Waals surface area contributed by atoms with E-state index in [0.29, 0.717) is 12.0 Å². The summed E-state index contributed by atoms with van der Waals surface area (Å²) in [5, 5.41) is 0. The molecule has 17 heavy (non-hydrogen) atoms. The van der Waals surface area contributed by atoms with Crippen molar-refractivity contribution in [3.8, 4) is 0 Å². The van der Waals surface area contributed by atoms with E-state index in [4.69, 9.17) is 4.74 Å². The molecular formula is C11H11NO5. The molecule has 1 rings (SSSR count). The Hall–Kier alpha value is -2.24. The number of hydrogen-bond donors (Lipinski definition) is 0. The molecule has 6 nitrogen and oxygen atoms in total. The van der Waals surface area contributed by atoms with E-state index >= 15 is 0 Å². The first-order valence-corrected chi connectivity index (χ1v) is 4.74. The zero-order chi connectivity index (χ0) is 12.8. The third-order valence-corrected chi connectivity index (χ3v) is 1.86. The van der Waals surface area contributed by atoms with E-state index < -0.39 is 11.9 Å². The van der Waals surface area contributed by atoms with Crippen LogP contribution in [-0.2, 0) is 20.9 Å². The summed E-state index contributed by atoms with van der Waals surface area (Å²) in [6.45, 7) is 1.16. The van der Waals surface area contributed by atoms with Crippen LogP contribution in [-0.4, -0.2) is 30.3 Å². The predicted molar refractivity (Wildman–Crippen MR) is 56.4 cm³/mol. The highest BCUT2D eigenvalue weighted by Crippen LogP contribution is 2.08. The van der Waals surface area contributed by atoms with Gasteiger partial charge in [-0.05, 0) is 12.1 Å². The minimum atomic E-state index is -0.584. The molecule has 0 amide bonds. The second kappa shape index (κ2) is 5.74. The van der Waals surface area contributed by atoms with Gasteiger partial charge < -0.3 is 9.47 Å². The Balaban J connectivity index is 3.00. The number of carbonyl (C=O) groups is 3. The van der Waals surface area contributed by atoms with Gasteiger partial charge in [-0.15, -0.1) is 0 Å². The fourth-order valence-corrected chi connectivity index (χ4v) is 1.16. The van der Waals surface area contributed by atoms with Crippen LogP contribution in [0.15, 0.2) is 12.1 Å². The number of pyridine rings is 1.